The van der Waals surface area contributed by atoms with E-state index >= 15 is 0 Å². The molecule has 1 aromatic heterocycles. The van der Waals surface area contributed by atoms with Crippen molar-refractivity contribution >= 4 is 13.6 Å². The first kappa shape index (κ1) is 22.0. The number of aromatic nitrogens is 2. The van der Waals surface area contributed by atoms with Gasteiger partial charge in [0, 0.05) is 12.6 Å². The molecule has 0 aliphatic carbocycles. The lowest BCUT2D eigenvalue weighted by Gasteiger charge is -2.34. The Morgan fingerprint density at radius 2 is 2.00 bits per heavy atom. The summed E-state index contributed by atoms with van der Waals surface area (Å²) in [6.07, 6.45) is 0.202. The molecule has 9 nitrogen and oxygen atoms in total. The van der Waals surface area contributed by atoms with Gasteiger partial charge in [-0.25, -0.2) is 4.79 Å². The van der Waals surface area contributed by atoms with E-state index in [1.807, 2.05) is 20.8 Å². The third kappa shape index (κ3) is 6.69. The van der Waals surface area contributed by atoms with Gasteiger partial charge >= 0.3 is 5.69 Å². The van der Waals surface area contributed by atoms with Crippen molar-refractivity contribution < 1.29 is 23.2 Å². The van der Waals surface area contributed by atoms with Gasteiger partial charge in [0.25, 0.3) is 7.82 Å². The van der Waals surface area contributed by atoms with Gasteiger partial charge in [-0.1, -0.05) is 20.8 Å². The highest BCUT2D eigenvalue weighted by Gasteiger charge is 2.41. The van der Waals surface area contributed by atoms with E-state index in [9.17, 15) is 14.3 Å². The average molecular weight is 402 g/mol. The summed E-state index contributed by atoms with van der Waals surface area (Å²) in [7, 11) is -4.56. The number of phosphoric acid groups is 1. The van der Waals surface area contributed by atoms with Gasteiger partial charge in [-0.2, -0.15) is 4.98 Å². The molecule has 1 fully saturated rings. The molecule has 154 valence electrons. The lowest BCUT2D eigenvalue weighted by molar-refractivity contribution is -0.239. The maximum atomic E-state index is 12.3. The molecule has 10 heteroatoms. The van der Waals surface area contributed by atoms with Crippen LogP contribution in [-0.2, 0) is 18.3 Å². The fourth-order valence-corrected chi connectivity index (χ4v) is 4.20. The number of nitrogen functional groups attached to an aromatic ring is 1. The summed E-state index contributed by atoms with van der Waals surface area (Å²) >= 11 is 0. The quantitative estimate of drug-likeness (QED) is 0.742. The van der Waals surface area contributed by atoms with Crippen LogP contribution in [0.5, 0.6) is 0 Å². The molecule has 1 aliphatic rings. The van der Waals surface area contributed by atoms with Crippen molar-refractivity contribution in [2.24, 2.45) is 5.41 Å². The van der Waals surface area contributed by atoms with Gasteiger partial charge in [-0.05, 0) is 38.7 Å². The fourth-order valence-electron chi connectivity index (χ4n) is 2.94. The topological polar surface area (TPSA) is 129 Å². The molecule has 2 N–H and O–H groups in total. The predicted octanol–water partition coefficient (Wildman–Crippen LogP) is 2.22. The number of rotatable bonds is 5. The van der Waals surface area contributed by atoms with E-state index in [1.54, 1.807) is 20.8 Å². The van der Waals surface area contributed by atoms with E-state index in [0.717, 1.165) is 0 Å². The Balaban J connectivity index is 2.24. The molecule has 0 bridgehead atoms. The van der Waals surface area contributed by atoms with Gasteiger partial charge in [0.15, 0.2) is 0 Å². The number of phosphoric ester groups is 1. The SMILES string of the molecule is CC(C)(C)CC1OC(n2ccc(N)nc2=O)CC1OP(=O)([O-])OC(C)(C)C. The van der Waals surface area contributed by atoms with Gasteiger partial charge in [-0.3, -0.25) is 9.13 Å². The van der Waals surface area contributed by atoms with Crippen LogP contribution >= 0.6 is 7.82 Å². The fraction of sp³-hybridized carbons (Fsp3) is 0.765. The summed E-state index contributed by atoms with van der Waals surface area (Å²) in [6.45, 7) is 10.9. The minimum Gasteiger partial charge on any atom is -0.756 e. The summed E-state index contributed by atoms with van der Waals surface area (Å²) in [5, 5.41) is 0. The van der Waals surface area contributed by atoms with Gasteiger partial charge in [0.05, 0.1) is 17.8 Å². The van der Waals surface area contributed by atoms with E-state index in [2.05, 4.69) is 4.98 Å². The molecule has 2 rings (SSSR count). The van der Waals surface area contributed by atoms with Gasteiger partial charge in [0.1, 0.15) is 12.0 Å². The smallest absolute Gasteiger partial charge is 0.351 e. The zero-order chi connectivity index (χ0) is 20.6. The first-order valence-electron chi connectivity index (χ1n) is 8.86. The van der Waals surface area contributed by atoms with Crippen LogP contribution in [0.4, 0.5) is 5.82 Å². The molecule has 0 spiro atoms. The number of anilines is 1. The van der Waals surface area contributed by atoms with Crippen molar-refractivity contribution in [3.8, 4) is 0 Å². The maximum Gasteiger partial charge on any atom is 0.351 e. The number of nitrogens with two attached hydrogens (primary N) is 1. The number of ether oxygens (including phenoxy) is 1. The molecule has 4 unspecified atom stereocenters. The molecule has 1 saturated heterocycles. The van der Waals surface area contributed by atoms with Gasteiger partial charge < -0.3 is 24.4 Å². The monoisotopic (exact) mass is 402 g/mol. The van der Waals surface area contributed by atoms with Crippen LogP contribution in [-0.4, -0.2) is 27.4 Å². The predicted molar refractivity (Wildman–Crippen MR) is 98.8 cm³/mol. The van der Waals surface area contributed by atoms with Crippen molar-refractivity contribution in [1.29, 1.82) is 0 Å². The van der Waals surface area contributed by atoms with E-state index in [-0.39, 0.29) is 17.7 Å². The largest absolute Gasteiger partial charge is 0.756 e. The summed E-state index contributed by atoms with van der Waals surface area (Å²) in [6, 6.07) is 1.49. The van der Waals surface area contributed by atoms with Crippen LogP contribution in [0.15, 0.2) is 17.1 Å². The second kappa shape index (κ2) is 7.64. The molecule has 2 heterocycles. The van der Waals surface area contributed by atoms with Gasteiger partial charge in [0.2, 0.25) is 0 Å². The molecular formula is C17H29N3O6P-. The normalized spacial score (nSPS) is 26.1. The van der Waals surface area contributed by atoms with E-state index in [4.69, 9.17) is 19.5 Å². The molecule has 1 aromatic rings. The zero-order valence-electron chi connectivity index (χ0n) is 16.7. The number of hydrogen-bond donors (Lipinski definition) is 1. The van der Waals surface area contributed by atoms with E-state index < -0.39 is 37.5 Å². The molecular weight excluding hydrogens is 373 g/mol. The van der Waals surface area contributed by atoms with Crippen molar-refractivity contribution in [2.75, 3.05) is 5.73 Å². The van der Waals surface area contributed by atoms with Crippen LogP contribution in [0.2, 0.25) is 0 Å². The van der Waals surface area contributed by atoms with Crippen molar-refractivity contribution in [2.45, 2.75) is 78.4 Å². The Kier molecular flexibility index (Phi) is 6.24. The summed E-state index contributed by atoms with van der Waals surface area (Å²) in [5.74, 6) is 0.107. The van der Waals surface area contributed by atoms with E-state index in [1.165, 1.54) is 16.8 Å². The molecule has 0 amide bonds. The Bertz CT molecular complexity index is 767. The highest BCUT2D eigenvalue weighted by Crippen LogP contribution is 2.48. The van der Waals surface area contributed by atoms with Crippen LogP contribution in [0.1, 0.15) is 60.6 Å². The molecule has 0 saturated carbocycles. The van der Waals surface area contributed by atoms with Crippen molar-refractivity contribution in [3.63, 3.8) is 0 Å². The second-order valence-electron chi connectivity index (χ2n) is 8.97. The lowest BCUT2D eigenvalue weighted by Crippen LogP contribution is -2.31. The number of hydrogen-bond acceptors (Lipinski definition) is 8. The summed E-state index contributed by atoms with van der Waals surface area (Å²) in [4.78, 5) is 28.1. The Morgan fingerprint density at radius 3 is 2.52 bits per heavy atom. The van der Waals surface area contributed by atoms with Crippen LogP contribution in [0, 0.1) is 5.41 Å². The van der Waals surface area contributed by atoms with Crippen molar-refractivity contribution in [1.82, 2.24) is 9.55 Å². The Hall–Kier alpha value is -1.25. The first-order chi connectivity index (χ1) is 12.2. The highest BCUT2D eigenvalue weighted by molar-refractivity contribution is 7.45. The van der Waals surface area contributed by atoms with Crippen LogP contribution < -0.4 is 16.3 Å². The maximum absolute atomic E-state index is 12.3. The third-order valence-corrected chi connectivity index (χ3v) is 5.11. The molecule has 27 heavy (non-hydrogen) atoms. The average Bonchev–Trinajstić information content (AvgIpc) is 2.75. The molecule has 4 atom stereocenters. The summed E-state index contributed by atoms with van der Waals surface area (Å²) in [5.41, 5.74) is 3.91. The Morgan fingerprint density at radius 1 is 1.37 bits per heavy atom. The minimum absolute atomic E-state index is 0.107. The standard InChI is InChI=1S/C17H30N3O6P/c1-16(2,3)10-12-11(25-27(22,23)26-17(4,5)6)9-14(24-12)20-8-7-13(18)19-15(20)21/h7-8,11-12,14H,9-10H2,1-6H3,(H,22,23)(H2,18,19,21)/p-1. The molecule has 1 aliphatic heterocycles. The summed E-state index contributed by atoms with van der Waals surface area (Å²) < 4.78 is 30.0. The van der Waals surface area contributed by atoms with Crippen LogP contribution in [0.3, 0.4) is 0 Å². The van der Waals surface area contributed by atoms with Crippen LogP contribution in [0.25, 0.3) is 0 Å². The first-order valence-corrected chi connectivity index (χ1v) is 10.3. The third-order valence-electron chi connectivity index (χ3n) is 3.81. The van der Waals surface area contributed by atoms with Gasteiger partial charge in [-0.15, -0.1) is 0 Å². The molecule has 0 radical (unpaired) electrons. The van der Waals surface area contributed by atoms with E-state index in [0.29, 0.717) is 6.42 Å². The van der Waals surface area contributed by atoms with Crippen molar-refractivity contribution in [3.05, 3.63) is 22.7 Å². The lowest BCUT2D eigenvalue weighted by atomic mass is 9.87. The zero-order valence-corrected chi connectivity index (χ0v) is 17.6. The molecule has 0 aromatic carbocycles. The minimum atomic E-state index is -4.56. The number of nitrogens with zero attached hydrogens (tertiary/aromatic N) is 2. The highest BCUT2D eigenvalue weighted by atomic mass is 31.2. The Labute approximate surface area is 159 Å². The second-order valence-corrected chi connectivity index (χ2v) is 10.3.